The van der Waals surface area contributed by atoms with Crippen molar-refractivity contribution in [2.45, 2.75) is 25.8 Å². The Morgan fingerprint density at radius 1 is 1.23 bits per heavy atom. The van der Waals surface area contributed by atoms with Gasteiger partial charge in [0.05, 0.1) is 10.9 Å². The zero-order valence-corrected chi connectivity index (χ0v) is 15.7. The van der Waals surface area contributed by atoms with Gasteiger partial charge in [0.1, 0.15) is 11.3 Å². The minimum Gasteiger partial charge on any atom is -0.459 e. The number of carbonyl (C=O) groups is 2. The molecular formula is C20H22N2O3S. The van der Waals surface area contributed by atoms with E-state index >= 15 is 0 Å². The van der Waals surface area contributed by atoms with Gasteiger partial charge in [-0.15, -0.1) is 11.3 Å². The van der Waals surface area contributed by atoms with Crippen LogP contribution in [0.5, 0.6) is 0 Å². The molecule has 136 valence electrons. The van der Waals surface area contributed by atoms with Gasteiger partial charge in [0.2, 0.25) is 5.91 Å². The van der Waals surface area contributed by atoms with Gasteiger partial charge >= 0.3 is 0 Å². The van der Waals surface area contributed by atoms with E-state index in [1.807, 2.05) is 48.7 Å². The molecule has 0 aliphatic carbocycles. The Morgan fingerprint density at radius 2 is 2.04 bits per heavy atom. The largest absolute Gasteiger partial charge is 0.459 e. The molecule has 2 amide bonds. The number of nitrogens with one attached hydrogen (secondary N) is 1. The number of nitrogens with zero attached hydrogens (tertiary/aromatic N) is 1. The van der Waals surface area contributed by atoms with Gasteiger partial charge in [0.25, 0.3) is 5.91 Å². The lowest BCUT2D eigenvalue weighted by Gasteiger charge is -2.23. The third-order valence-electron chi connectivity index (χ3n) is 4.43. The second-order valence-corrected chi connectivity index (χ2v) is 7.15. The lowest BCUT2D eigenvalue weighted by atomic mass is 10.2. The molecule has 26 heavy (non-hydrogen) atoms. The maximum absolute atomic E-state index is 12.4. The molecule has 1 unspecified atom stereocenters. The lowest BCUT2D eigenvalue weighted by Crippen LogP contribution is -2.30. The predicted molar refractivity (Wildman–Crippen MR) is 103 cm³/mol. The van der Waals surface area contributed by atoms with Gasteiger partial charge in [-0.05, 0) is 36.9 Å². The quantitative estimate of drug-likeness (QED) is 0.633. The van der Waals surface area contributed by atoms with Crippen LogP contribution in [0.4, 0.5) is 0 Å². The Labute approximate surface area is 156 Å². The van der Waals surface area contributed by atoms with Gasteiger partial charge in [-0.1, -0.05) is 24.3 Å². The van der Waals surface area contributed by atoms with E-state index in [4.69, 9.17) is 4.42 Å². The number of fused-ring (bicyclic) bond motifs is 1. The van der Waals surface area contributed by atoms with E-state index < -0.39 is 0 Å². The molecule has 0 fully saturated rings. The normalized spacial score (nSPS) is 12.1. The molecule has 1 aromatic carbocycles. The summed E-state index contributed by atoms with van der Waals surface area (Å²) < 4.78 is 5.85. The number of amides is 2. The molecule has 5 nitrogen and oxygen atoms in total. The Morgan fingerprint density at radius 3 is 2.77 bits per heavy atom. The first-order chi connectivity index (χ1) is 12.6. The summed E-state index contributed by atoms with van der Waals surface area (Å²) >= 11 is 1.41. The van der Waals surface area contributed by atoms with E-state index in [2.05, 4.69) is 5.32 Å². The summed E-state index contributed by atoms with van der Waals surface area (Å²) in [5, 5.41) is 5.74. The molecule has 0 bridgehead atoms. The topological polar surface area (TPSA) is 62.6 Å². The highest BCUT2D eigenvalue weighted by molar-refractivity contribution is 7.12. The molecule has 1 atom stereocenters. The Hall–Kier alpha value is -2.60. The van der Waals surface area contributed by atoms with Gasteiger partial charge in [-0.2, -0.15) is 0 Å². The Kier molecular flexibility index (Phi) is 5.73. The van der Waals surface area contributed by atoms with Crippen LogP contribution in [0, 0.1) is 0 Å². The number of benzene rings is 1. The number of hydrogen-bond donors (Lipinski definition) is 1. The maximum atomic E-state index is 12.4. The van der Waals surface area contributed by atoms with Gasteiger partial charge in [-0.25, -0.2) is 0 Å². The molecule has 0 saturated heterocycles. The first kappa shape index (κ1) is 18.2. The van der Waals surface area contributed by atoms with Crippen molar-refractivity contribution in [3.05, 3.63) is 58.5 Å². The molecule has 0 radical (unpaired) electrons. The average Bonchev–Trinajstić information content (AvgIpc) is 3.33. The lowest BCUT2D eigenvalue weighted by molar-refractivity contribution is -0.132. The van der Waals surface area contributed by atoms with Crippen LogP contribution >= 0.6 is 11.3 Å². The molecular weight excluding hydrogens is 348 g/mol. The van der Waals surface area contributed by atoms with Crippen molar-refractivity contribution < 1.29 is 14.0 Å². The van der Waals surface area contributed by atoms with Crippen LogP contribution in [0.1, 0.15) is 41.2 Å². The number of rotatable bonds is 7. The summed E-state index contributed by atoms with van der Waals surface area (Å²) in [4.78, 5) is 26.7. The Balaban J connectivity index is 1.48. The van der Waals surface area contributed by atoms with Gasteiger partial charge in [0, 0.05) is 25.4 Å². The number of thiophene rings is 1. The van der Waals surface area contributed by atoms with Crippen LogP contribution in [0.3, 0.4) is 0 Å². The zero-order valence-electron chi connectivity index (χ0n) is 14.9. The molecule has 0 aliphatic rings. The van der Waals surface area contributed by atoms with Crippen molar-refractivity contribution in [3.8, 4) is 0 Å². The van der Waals surface area contributed by atoms with Gasteiger partial charge in [-0.3, -0.25) is 9.59 Å². The van der Waals surface area contributed by atoms with E-state index in [1.54, 1.807) is 18.0 Å². The summed E-state index contributed by atoms with van der Waals surface area (Å²) in [6.45, 7) is 2.43. The first-order valence-corrected chi connectivity index (χ1v) is 9.50. The van der Waals surface area contributed by atoms with E-state index in [9.17, 15) is 9.59 Å². The minimum absolute atomic E-state index is 0.0309. The summed E-state index contributed by atoms with van der Waals surface area (Å²) in [7, 11) is 1.78. The molecule has 0 spiro atoms. The number of carbonyl (C=O) groups excluding carboxylic acids is 2. The van der Waals surface area contributed by atoms with Crippen molar-refractivity contribution >= 4 is 34.1 Å². The second kappa shape index (κ2) is 8.19. The number of hydrogen-bond acceptors (Lipinski definition) is 4. The highest BCUT2D eigenvalue weighted by atomic mass is 32.1. The van der Waals surface area contributed by atoms with Crippen LogP contribution in [0.2, 0.25) is 0 Å². The molecule has 0 saturated carbocycles. The molecule has 6 heteroatoms. The molecule has 3 aromatic rings. The molecule has 2 heterocycles. The SMILES string of the molecule is CC(c1cc2ccccc2o1)N(C)C(=O)CCCNC(=O)c1cccs1. The summed E-state index contributed by atoms with van der Waals surface area (Å²) in [6.07, 6.45) is 0.985. The third kappa shape index (κ3) is 4.14. The molecule has 2 aromatic heterocycles. The average molecular weight is 370 g/mol. The van der Waals surface area contributed by atoms with Crippen molar-refractivity contribution in [1.29, 1.82) is 0 Å². The van der Waals surface area contributed by atoms with Crippen LogP contribution in [0.25, 0.3) is 11.0 Å². The summed E-state index contributed by atoms with van der Waals surface area (Å²) in [5.41, 5.74) is 0.825. The summed E-state index contributed by atoms with van der Waals surface area (Å²) in [6, 6.07) is 13.3. The fourth-order valence-corrected chi connectivity index (χ4v) is 3.37. The minimum atomic E-state index is -0.143. The van der Waals surface area contributed by atoms with E-state index in [0.717, 1.165) is 16.7 Å². The zero-order chi connectivity index (χ0) is 18.5. The highest BCUT2D eigenvalue weighted by Crippen LogP contribution is 2.27. The molecule has 0 aliphatic heterocycles. The van der Waals surface area contributed by atoms with Gasteiger partial charge in [0.15, 0.2) is 0 Å². The standard InChI is InChI=1S/C20H22N2O3S/c1-14(17-13-15-7-3-4-8-16(15)25-17)22(2)19(23)10-5-11-21-20(24)18-9-6-12-26-18/h3-4,6-9,12-14H,5,10-11H2,1-2H3,(H,21,24). The van der Waals surface area contributed by atoms with Crippen LogP contribution < -0.4 is 5.32 Å². The van der Waals surface area contributed by atoms with Crippen LogP contribution in [0.15, 0.2) is 52.3 Å². The smallest absolute Gasteiger partial charge is 0.261 e. The van der Waals surface area contributed by atoms with Crippen molar-refractivity contribution in [2.24, 2.45) is 0 Å². The van der Waals surface area contributed by atoms with Crippen LogP contribution in [-0.4, -0.2) is 30.3 Å². The maximum Gasteiger partial charge on any atom is 0.261 e. The van der Waals surface area contributed by atoms with E-state index in [1.165, 1.54) is 11.3 Å². The van der Waals surface area contributed by atoms with Crippen LogP contribution in [-0.2, 0) is 4.79 Å². The predicted octanol–water partition coefficient (Wildman–Crippen LogP) is 4.22. The third-order valence-corrected chi connectivity index (χ3v) is 5.30. The van der Waals surface area contributed by atoms with Gasteiger partial charge < -0.3 is 14.6 Å². The van der Waals surface area contributed by atoms with E-state index in [0.29, 0.717) is 24.3 Å². The van der Waals surface area contributed by atoms with Crippen molar-refractivity contribution in [2.75, 3.05) is 13.6 Å². The van der Waals surface area contributed by atoms with Crippen molar-refractivity contribution in [1.82, 2.24) is 10.2 Å². The summed E-state index contributed by atoms with van der Waals surface area (Å²) in [5.74, 6) is 0.716. The fourth-order valence-electron chi connectivity index (χ4n) is 2.73. The number of furan rings is 1. The van der Waals surface area contributed by atoms with E-state index in [-0.39, 0.29) is 17.9 Å². The van der Waals surface area contributed by atoms with Crippen molar-refractivity contribution in [3.63, 3.8) is 0 Å². The second-order valence-electron chi connectivity index (χ2n) is 6.20. The fraction of sp³-hybridized carbons (Fsp3) is 0.300. The Bertz CT molecular complexity index is 852. The molecule has 3 rings (SSSR count). The number of para-hydroxylation sites is 1. The monoisotopic (exact) mass is 370 g/mol. The molecule has 1 N–H and O–H groups in total. The first-order valence-electron chi connectivity index (χ1n) is 8.62. The highest BCUT2D eigenvalue weighted by Gasteiger charge is 2.20.